The van der Waals surface area contributed by atoms with E-state index in [4.69, 9.17) is 4.74 Å². The molecule has 0 spiro atoms. The summed E-state index contributed by atoms with van der Waals surface area (Å²) in [5.41, 5.74) is -0.396. The molecule has 17 heavy (non-hydrogen) atoms. The van der Waals surface area contributed by atoms with Crippen LogP contribution in [0.4, 0.5) is 4.79 Å². The number of hydrogen-bond acceptors (Lipinski definition) is 3. The summed E-state index contributed by atoms with van der Waals surface area (Å²) in [5, 5.41) is 0.544. The van der Waals surface area contributed by atoms with Gasteiger partial charge in [0.15, 0.2) is 0 Å². The summed E-state index contributed by atoms with van der Waals surface area (Å²) < 4.78 is 5.64. The standard InChI is InChI=1S/C13H25NO2S/c1-12(2,3)16-11(15)14-8-7-10(9-14)17-13(4,5)6/h10H,7-9H2,1-6H3/t10-/m1/s1. The number of carbonyl (C=O) groups excluding carboxylic acids is 1. The molecule has 0 saturated carbocycles. The molecule has 0 aromatic carbocycles. The van der Waals surface area contributed by atoms with Gasteiger partial charge in [-0.3, -0.25) is 0 Å². The van der Waals surface area contributed by atoms with Crippen molar-refractivity contribution in [2.45, 2.75) is 63.6 Å². The van der Waals surface area contributed by atoms with Crippen molar-refractivity contribution in [3.05, 3.63) is 0 Å². The minimum atomic E-state index is -0.396. The van der Waals surface area contributed by atoms with Crippen LogP contribution in [0.2, 0.25) is 0 Å². The molecule has 1 heterocycles. The maximum atomic E-state index is 11.9. The lowest BCUT2D eigenvalue weighted by Crippen LogP contribution is -2.35. The van der Waals surface area contributed by atoms with Gasteiger partial charge in [-0.05, 0) is 27.2 Å². The van der Waals surface area contributed by atoms with E-state index in [-0.39, 0.29) is 10.8 Å². The summed E-state index contributed by atoms with van der Waals surface area (Å²) >= 11 is 1.95. The van der Waals surface area contributed by atoms with E-state index in [0.29, 0.717) is 5.25 Å². The zero-order valence-corrected chi connectivity index (χ0v) is 12.7. The zero-order valence-electron chi connectivity index (χ0n) is 11.9. The Labute approximate surface area is 109 Å². The van der Waals surface area contributed by atoms with Gasteiger partial charge in [0.05, 0.1) is 0 Å². The Kier molecular flexibility index (Phi) is 4.39. The minimum absolute atomic E-state index is 0.172. The Morgan fingerprint density at radius 1 is 1.24 bits per heavy atom. The quantitative estimate of drug-likeness (QED) is 0.721. The van der Waals surface area contributed by atoms with Crippen LogP contribution in [0.3, 0.4) is 0 Å². The highest BCUT2D eigenvalue weighted by Gasteiger charge is 2.32. The van der Waals surface area contributed by atoms with Crippen LogP contribution in [0, 0.1) is 0 Å². The van der Waals surface area contributed by atoms with Gasteiger partial charge in [0.25, 0.3) is 0 Å². The number of amides is 1. The van der Waals surface area contributed by atoms with E-state index in [2.05, 4.69) is 20.8 Å². The molecule has 4 heteroatoms. The molecule has 1 aliphatic heterocycles. The second-order valence-corrected chi connectivity index (χ2v) is 8.69. The van der Waals surface area contributed by atoms with Crippen LogP contribution in [-0.4, -0.2) is 39.7 Å². The van der Waals surface area contributed by atoms with Crippen LogP contribution in [-0.2, 0) is 4.74 Å². The van der Waals surface area contributed by atoms with Gasteiger partial charge in [-0.25, -0.2) is 4.79 Å². The van der Waals surface area contributed by atoms with Gasteiger partial charge in [0, 0.05) is 23.1 Å². The maximum Gasteiger partial charge on any atom is 0.410 e. The highest BCUT2D eigenvalue weighted by molar-refractivity contribution is 8.01. The second kappa shape index (κ2) is 5.09. The van der Waals surface area contributed by atoms with Gasteiger partial charge in [0.1, 0.15) is 5.60 Å². The van der Waals surface area contributed by atoms with Crippen LogP contribution < -0.4 is 0 Å². The summed E-state index contributed by atoms with van der Waals surface area (Å²) in [6.07, 6.45) is 0.899. The van der Waals surface area contributed by atoms with Crippen LogP contribution in [0.1, 0.15) is 48.0 Å². The molecule has 0 aromatic heterocycles. The predicted octanol–water partition coefficient (Wildman–Crippen LogP) is 3.53. The molecule has 1 saturated heterocycles. The van der Waals surface area contributed by atoms with E-state index in [1.165, 1.54) is 0 Å². The third-order valence-electron chi connectivity index (χ3n) is 2.32. The fourth-order valence-corrected chi connectivity index (χ4v) is 3.29. The first-order valence-corrected chi connectivity index (χ1v) is 7.10. The number of nitrogens with zero attached hydrogens (tertiary/aromatic N) is 1. The van der Waals surface area contributed by atoms with E-state index in [1.54, 1.807) is 0 Å². The van der Waals surface area contributed by atoms with E-state index in [0.717, 1.165) is 19.5 Å². The first-order chi connectivity index (χ1) is 7.57. The van der Waals surface area contributed by atoms with Gasteiger partial charge >= 0.3 is 6.09 Å². The fraction of sp³-hybridized carbons (Fsp3) is 0.923. The molecular weight excluding hydrogens is 234 g/mol. The van der Waals surface area contributed by atoms with E-state index in [1.807, 2.05) is 37.4 Å². The van der Waals surface area contributed by atoms with Gasteiger partial charge < -0.3 is 9.64 Å². The number of carbonyl (C=O) groups is 1. The van der Waals surface area contributed by atoms with Crippen LogP contribution in [0.15, 0.2) is 0 Å². The lowest BCUT2D eigenvalue weighted by atomic mass is 10.2. The van der Waals surface area contributed by atoms with Crippen molar-refractivity contribution in [2.24, 2.45) is 0 Å². The van der Waals surface area contributed by atoms with Gasteiger partial charge in [-0.15, -0.1) is 0 Å². The summed E-state index contributed by atoms with van der Waals surface area (Å²) in [4.78, 5) is 13.7. The number of rotatable bonds is 1. The molecule has 0 aliphatic carbocycles. The first-order valence-electron chi connectivity index (χ1n) is 6.22. The smallest absolute Gasteiger partial charge is 0.410 e. The molecule has 0 bridgehead atoms. The topological polar surface area (TPSA) is 29.5 Å². The maximum absolute atomic E-state index is 11.9. The first kappa shape index (κ1) is 14.7. The highest BCUT2D eigenvalue weighted by Crippen LogP contribution is 2.33. The van der Waals surface area contributed by atoms with Gasteiger partial charge in [-0.1, -0.05) is 20.8 Å². The van der Waals surface area contributed by atoms with Crippen molar-refractivity contribution in [1.82, 2.24) is 4.90 Å². The largest absolute Gasteiger partial charge is 0.444 e. The van der Waals surface area contributed by atoms with Crippen molar-refractivity contribution in [3.63, 3.8) is 0 Å². The summed E-state index contributed by atoms with van der Waals surface area (Å²) in [5.74, 6) is 0. The molecule has 1 rings (SSSR count). The second-order valence-electron chi connectivity index (χ2n) is 6.57. The monoisotopic (exact) mass is 259 g/mol. The molecule has 0 unspecified atom stereocenters. The van der Waals surface area contributed by atoms with Crippen LogP contribution in [0.5, 0.6) is 0 Å². The fourth-order valence-electron chi connectivity index (χ4n) is 1.82. The Hall–Kier alpha value is -0.380. The predicted molar refractivity (Wildman–Crippen MR) is 73.6 cm³/mol. The zero-order chi connectivity index (χ0) is 13.3. The molecule has 1 amide bonds. The van der Waals surface area contributed by atoms with Crippen molar-refractivity contribution < 1.29 is 9.53 Å². The van der Waals surface area contributed by atoms with Gasteiger partial charge in [-0.2, -0.15) is 11.8 Å². The van der Waals surface area contributed by atoms with Crippen molar-refractivity contribution in [2.75, 3.05) is 13.1 Å². The molecular formula is C13H25NO2S. The van der Waals surface area contributed by atoms with E-state index >= 15 is 0 Å². The molecule has 1 atom stereocenters. The SMILES string of the molecule is CC(C)(C)OC(=O)N1CC[C@@H](SC(C)(C)C)C1. The van der Waals surface area contributed by atoms with E-state index < -0.39 is 5.60 Å². The third-order valence-corrected chi connectivity index (χ3v) is 3.74. The summed E-state index contributed by atoms with van der Waals surface area (Å²) in [6.45, 7) is 14.0. The third kappa shape index (κ3) is 5.66. The van der Waals surface area contributed by atoms with E-state index in [9.17, 15) is 4.79 Å². The number of likely N-dealkylation sites (tertiary alicyclic amines) is 1. The molecule has 1 fully saturated rings. The van der Waals surface area contributed by atoms with Crippen molar-refractivity contribution >= 4 is 17.9 Å². The Morgan fingerprint density at radius 3 is 2.29 bits per heavy atom. The molecule has 3 nitrogen and oxygen atoms in total. The Morgan fingerprint density at radius 2 is 1.82 bits per heavy atom. The minimum Gasteiger partial charge on any atom is -0.444 e. The number of thioether (sulfide) groups is 1. The molecule has 100 valence electrons. The Balaban J connectivity index is 2.43. The highest BCUT2D eigenvalue weighted by atomic mass is 32.2. The number of ether oxygens (including phenoxy) is 1. The van der Waals surface area contributed by atoms with Crippen molar-refractivity contribution in [3.8, 4) is 0 Å². The normalized spacial score (nSPS) is 21.8. The summed E-state index contributed by atoms with van der Waals surface area (Å²) in [6, 6.07) is 0. The van der Waals surface area contributed by atoms with Gasteiger partial charge in [0.2, 0.25) is 0 Å². The molecule has 0 aromatic rings. The number of hydrogen-bond donors (Lipinski definition) is 0. The molecule has 1 aliphatic rings. The van der Waals surface area contributed by atoms with Crippen molar-refractivity contribution in [1.29, 1.82) is 0 Å². The average molecular weight is 259 g/mol. The van der Waals surface area contributed by atoms with Crippen LogP contribution >= 0.6 is 11.8 Å². The Bertz CT molecular complexity index is 278. The lowest BCUT2D eigenvalue weighted by Gasteiger charge is -2.25. The summed E-state index contributed by atoms with van der Waals surface area (Å²) in [7, 11) is 0. The van der Waals surface area contributed by atoms with Crippen LogP contribution in [0.25, 0.3) is 0 Å². The molecule has 0 N–H and O–H groups in total. The average Bonchev–Trinajstić information content (AvgIpc) is 2.45. The lowest BCUT2D eigenvalue weighted by molar-refractivity contribution is 0.0295. The molecule has 0 radical (unpaired) electrons.